The molecule has 1 fully saturated rings. The van der Waals surface area contributed by atoms with Crippen molar-refractivity contribution in [2.45, 2.75) is 29.9 Å². The summed E-state index contributed by atoms with van der Waals surface area (Å²) in [6.45, 7) is 0. The molecule has 2 rings (SSSR count). The molecular weight excluding hydrogens is 324 g/mol. The van der Waals surface area contributed by atoms with Crippen LogP contribution in [0.3, 0.4) is 0 Å². The van der Waals surface area contributed by atoms with Crippen molar-refractivity contribution in [3.05, 3.63) is 34.3 Å². The molecule has 0 radical (unpaired) electrons. The van der Waals surface area contributed by atoms with Gasteiger partial charge in [0, 0.05) is 4.47 Å². The first kappa shape index (κ1) is 13.4. The summed E-state index contributed by atoms with van der Waals surface area (Å²) in [6.07, 6.45) is 2.39. The zero-order valence-corrected chi connectivity index (χ0v) is 12.4. The molecule has 1 saturated heterocycles. The molecule has 1 aromatic rings. The minimum Gasteiger partial charge on any atom is -0.228 e. The summed E-state index contributed by atoms with van der Waals surface area (Å²) in [6, 6.07) is 7.54. The van der Waals surface area contributed by atoms with Gasteiger partial charge in [-0.3, -0.25) is 0 Å². The van der Waals surface area contributed by atoms with Gasteiger partial charge in [-0.05, 0) is 30.5 Å². The predicted molar refractivity (Wildman–Crippen MR) is 74.2 cm³/mol. The molecule has 0 aliphatic carbocycles. The Labute approximate surface area is 115 Å². The molecule has 2 unspecified atom stereocenters. The Balaban J connectivity index is 2.24. The second-order valence-corrected chi connectivity index (χ2v) is 8.08. The van der Waals surface area contributed by atoms with E-state index in [2.05, 4.69) is 15.9 Å². The van der Waals surface area contributed by atoms with Crippen LogP contribution in [0.15, 0.2) is 28.7 Å². The van der Waals surface area contributed by atoms with Gasteiger partial charge in [0.05, 0.1) is 16.4 Å². The molecule has 1 aliphatic heterocycles. The lowest BCUT2D eigenvalue weighted by Crippen LogP contribution is -2.31. The number of hydrogen-bond acceptors (Lipinski definition) is 2. The van der Waals surface area contributed by atoms with Crippen LogP contribution in [0.5, 0.6) is 0 Å². The maximum absolute atomic E-state index is 12.0. The van der Waals surface area contributed by atoms with Crippen LogP contribution in [-0.4, -0.2) is 19.4 Å². The van der Waals surface area contributed by atoms with Crippen molar-refractivity contribution in [1.82, 2.24) is 0 Å². The Bertz CT molecular complexity index is 484. The van der Waals surface area contributed by atoms with Crippen LogP contribution in [0.4, 0.5) is 0 Å². The van der Waals surface area contributed by atoms with E-state index in [1.54, 1.807) is 0 Å². The summed E-state index contributed by atoms with van der Waals surface area (Å²) in [5.41, 5.74) is 0.880. The van der Waals surface area contributed by atoms with Crippen molar-refractivity contribution in [1.29, 1.82) is 0 Å². The lowest BCUT2D eigenvalue weighted by Gasteiger charge is -2.26. The minimum absolute atomic E-state index is 0.275. The van der Waals surface area contributed by atoms with Crippen LogP contribution in [0.25, 0.3) is 0 Å². The molecule has 0 saturated carbocycles. The average Bonchev–Trinajstić information content (AvgIpc) is 2.28. The smallest absolute Gasteiger partial charge is 0.154 e. The lowest BCUT2D eigenvalue weighted by atomic mass is 10.0. The van der Waals surface area contributed by atoms with E-state index in [1.165, 1.54) is 0 Å². The topological polar surface area (TPSA) is 34.1 Å². The Morgan fingerprint density at radius 1 is 1.24 bits per heavy atom. The zero-order chi connectivity index (χ0) is 12.5. The van der Waals surface area contributed by atoms with Gasteiger partial charge in [-0.25, -0.2) is 8.42 Å². The molecule has 94 valence electrons. The van der Waals surface area contributed by atoms with Crippen LogP contribution in [0, 0.1) is 0 Å². The van der Waals surface area contributed by atoms with Gasteiger partial charge in [-0.15, -0.1) is 11.6 Å². The number of benzene rings is 1. The fourth-order valence-corrected chi connectivity index (χ4v) is 5.13. The fourth-order valence-electron chi connectivity index (χ4n) is 2.17. The van der Waals surface area contributed by atoms with Gasteiger partial charge in [-0.2, -0.15) is 0 Å². The fraction of sp³-hybridized carbons (Fsp3) is 0.500. The molecule has 2 atom stereocenters. The average molecular weight is 338 g/mol. The normalized spacial score (nSPS) is 25.4. The molecule has 1 aromatic carbocycles. The highest BCUT2D eigenvalue weighted by Crippen LogP contribution is 2.35. The van der Waals surface area contributed by atoms with Crippen LogP contribution in [0.1, 0.15) is 30.2 Å². The summed E-state index contributed by atoms with van der Waals surface area (Å²) < 4.78 is 24.9. The van der Waals surface area contributed by atoms with Gasteiger partial charge >= 0.3 is 0 Å². The molecule has 5 heteroatoms. The van der Waals surface area contributed by atoms with Crippen molar-refractivity contribution in [3.8, 4) is 0 Å². The highest BCUT2D eigenvalue weighted by atomic mass is 79.9. The van der Waals surface area contributed by atoms with Gasteiger partial charge in [0.1, 0.15) is 0 Å². The predicted octanol–water partition coefficient (Wildman–Crippen LogP) is 3.70. The summed E-state index contributed by atoms with van der Waals surface area (Å²) in [5, 5.41) is -0.868. The van der Waals surface area contributed by atoms with E-state index in [0.29, 0.717) is 6.42 Å². The van der Waals surface area contributed by atoms with E-state index in [0.717, 1.165) is 22.9 Å². The van der Waals surface area contributed by atoms with Crippen molar-refractivity contribution >= 4 is 37.4 Å². The second-order valence-electron chi connectivity index (χ2n) is 4.35. The molecule has 0 spiro atoms. The summed E-state index contributed by atoms with van der Waals surface area (Å²) in [7, 11) is -3.02. The van der Waals surface area contributed by atoms with E-state index in [4.69, 9.17) is 11.6 Å². The SMILES string of the molecule is O=S1(=O)CCCCC1C(Cl)c1ccc(Br)cc1. The van der Waals surface area contributed by atoms with Gasteiger partial charge in [-0.1, -0.05) is 34.5 Å². The monoisotopic (exact) mass is 336 g/mol. The summed E-state index contributed by atoms with van der Waals surface area (Å²) in [4.78, 5) is 0. The Morgan fingerprint density at radius 3 is 2.47 bits per heavy atom. The van der Waals surface area contributed by atoms with Crippen molar-refractivity contribution in [3.63, 3.8) is 0 Å². The number of sulfone groups is 1. The maximum Gasteiger partial charge on any atom is 0.154 e. The first-order chi connectivity index (χ1) is 8.00. The van der Waals surface area contributed by atoms with Crippen LogP contribution < -0.4 is 0 Å². The Morgan fingerprint density at radius 2 is 1.88 bits per heavy atom. The zero-order valence-electron chi connectivity index (χ0n) is 9.27. The van der Waals surface area contributed by atoms with Gasteiger partial charge in [0.25, 0.3) is 0 Å². The van der Waals surface area contributed by atoms with E-state index >= 15 is 0 Å². The van der Waals surface area contributed by atoms with Crippen molar-refractivity contribution < 1.29 is 8.42 Å². The van der Waals surface area contributed by atoms with Crippen LogP contribution >= 0.6 is 27.5 Å². The molecule has 0 amide bonds. The van der Waals surface area contributed by atoms with Gasteiger partial charge in [0.2, 0.25) is 0 Å². The van der Waals surface area contributed by atoms with Crippen LogP contribution in [0.2, 0.25) is 0 Å². The standard InChI is InChI=1S/C12H14BrClO2S/c13-10-6-4-9(5-7-10)12(14)11-3-1-2-8-17(11,15)16/h4-7,11-12H,1-3,8H2. The largest absolute Gasteiger partial charge is 0.228 e. The molecule has 0 N–H and O–H groups in total. The third-order valence-corrected chi connectivity index (χ3v) is 6.67. The quantitative estimate of drug-likeness (QED) is 0.771. The molecule has 1 aliphatic rings. The first-order valence-corrected chi connectivity index (χ1v) is 8.56. The molecular formula is C12H14BrClO2S. The molecule has 2 nitrogen and oxygen atoms in total. The number of hydrogen-bond donors (Lipinski definition) is 0. The van der Waals surface area contributed by atoms with Gasteiger partial charge < -0.3 is 0 Å². The van der Waals surface area contributed by atoms with E-state index in [9.17, 15) is 8.42 Å². The maximum atomic E-state index is 12.0. The second kappa shape index (κ2) is 5.29. The van der Waals surface area contributed by atoms with Crippen molar-refractivity contribution in [2.75, 3.05) is 5.75 Å². The van der Waals surface area contributed by atoms with Crippen molar-refractivity contribution in [2.24, 2.45) is 0 Å². The highest BCUT2D eigenvalue weighted by molar-refractivity contribution is 9.10. The summed E-state index contributed by atoms with van der Waals surface area (Å²) in [5.74, 6) is 0.275. The third-order valence-electron chi connectivity index (χ3n) is 3.14. The molecule has 0 bridgehead atoms. The van der Waals surface area contributed by atoms with E-state index < -0.39 is 20.5 Å². The number of rotatable bonds is 2. The lowest BCUT2D eigenvalue weighted by molar-refractivity contribution is 0.534. The highest BCUT2D eigenvalue weighted by Gasteiger charge is 2.35. The number of alkyl halides is 1. The molecule has 0 aromatic heterocycles. The Kier molecular flexibility index (Phi) is 4.16. The molecule has 17 heavy (non-hydrogen) atoms. The Hall–Kier alpha value is -0.0600. The number of halogens is 2. The van der Waals surface area contributed by atoms with E-state index in [-0.39, 0.29) is 5.75 Å². The van der Waals surface area contributed by atoms with Gasteiger partial charge in [0.15, 0.2) is 9.84 Å². The summed E-state index contributed by atoms with van der Waals surface area (Å²) >= 11 is 9.68. The first-order valence-electron chi connectivity index (χ1n) is 5.62. The third kappa shape index (κ3) is 3.04. The minimum atomic E-state index is -3.02. The van der Waals surface area contributed by atoms with Crippen LogP contribution in [-0.2, 0) is 9.84 Å². The molecule has 1 heterocycles. The van der Waals surface area contributed by atoms with E-state index in [1.807, 2.05) is 24.3 Å².